The monoisotopic (exact) mass is 472 g/mol. The van der Waals surface area contributed by atoms with Crippen molar-refractivity contribution >= 4 is 23.7 Å². The van der Waals surface area contributed by atoms with Gasteiger partial charge in [-0.25, -0.2) is 4.39 Å². The Morgan fingerprint density at radius 2 is 1.53 bits per heavy atom. The fourth-order valence-corrected chi connectivity index (χ4v) is 3.97. The first-order chi connectivity index (χ1) is 16.7. The highest BCUT2D eigenvalue weighted by molar-refractivity contribution is 7.99. The summed E-state index contributed by atoms with van der Waals surface area (Å²) >= 11 is 1.19. The zero-order chi connectivity index (χ0) is 23.3. The lowest BCUT2D eigenvalue weighted by atomic mass is 10.2. The number of amides is 1. The normalized spacial score (nSPS) is 10.9. The maximum atomic E-state index is 13.5. The molecule has 0 aliphatic rings. The molecule has 0 radical (unpaired) electrons. The minimum absolute atomic E-state index is 0.00873. The minimum Gasteiger partial charge on any atom is -0.403 e. The molecule has 0 saturated carbocycles. The summed E-state index contributed by atoms with van der Waals surface area (Å²) in [6.45, 7) is 0. The third-order valence-corrected chi connectivity index (χ3v) is 5.70. The molecule has 0 fully saturated rings. The molecule has 2 aromatic heterocycles. The Kier molecular flexibility index (Phi) is 6.13. The predicted molar refractivity (Wildman–Crippen MR) is 126 cm³/mol. The molecule has 1 N–H and O–H groups in total. The van der Waals surface area contributed by atoms with Gasteiger partial charge in [-0.05, 0) is 36.4 Å². The molecule has 168 valence electrons. The van der Waals surface area contributed by atoms with E-state index in [0.29, 0.717) is 22.6 Å². The Morgan fingerprint density at radius 3 is 2.24 bits per heavy atom. The van der Waals surface area contributed by atoms with Crippen LogP contribution in [-0.4, -0.2) is 36.6 Å². The summed E-state index contributed by atoms with van der Waals surface area (Å²) in [4.78, 5) is 12.5. The van der Waals surface area contributed by atoms with E-state index in [2.05, 4.69) is 25.7 Å². The van der Waals surface area contributed by atoms with E-state index in [4.69, 9.17) is 4.42 Å². The van der Waals surface area contributed by atoms with E-state index in [1.165, 1.54) is 23.9 Å². The maximum absolute atomic E-state index is 13.5. The number of thioether (sulfide) groups is 1. The molecular weight excluding hydrogens is 455 g/mol. The van der Waals surface area contributed by atoms with E-state index in [9.17, 15) is 9.18 Å². The Bertz CT molecular complexity index is 1400. The van der Waals surface area contributed by atoms with Crippen LogP contribution in [0.5, 0.6) is 0 Å². The fraction of sp³-hybridized carbons (Fsp3) is 0.0417. The van der Waals surface area contributed by atoms with Crippen LogP contribution < -0.4 is 5.32 Å². The number of carbonyl (C=O) groups excluding carboxylic acids is 1. The summed E-state index contributed by atoms with van der Waals surface area (Å²) < 4.78 is 20.8. The second kappa shape index (κ2) is 9.67. The lowest BCUT2D eigenvalue weighted by Crippen LogP contribution is -2.14. The molecule has 5 aromatic rings. The second-order valence-electron chi connectivity index (χ2n) is 7.10. The molecule has 0 spiro atoms. The lowest BCUT2D eigenvalue weighted by Gasteiger charge is -2.10. The summed E-state index contributed by atoms with van der Waals surface area (Å²) in [5.41, 5.74) is 2.28. The van der Waals surface area contributed by atoms with Crippen molar-refractivity contribution in [2.75, 3.05) is 11.1 Å². The standard InChI is InChI=1S/C24H17FN6O2S/c25-18-11-13-19(14-12-18)31-21(16-7-3-1-4-8-16)27-30-24(31)34-15-20(32)26-23-29-28-22(33-23)17-9-5-2-6-10-17/h1-14H,15H2,(H,26,29,32). The fourth-order valence-electron chi connectivity index (χ4n) is 3.22. The van der Waals surface area contributed by atoms with Gasteiger partial charge >= 0.3 is 6.01 Å². The molecule has 0 atom stereocenters. The smallest absolute Gasteiger partial charge is 0.322 e. The van der Waals surface area contributed by atoms with Crippen LogP contribution in [0.15, 0.2) is 94.5 Å². The first-order valence-electron chi connectivity index (χ1n) is 10.3. The largest absolute Gasteiger partial charge is 0.403 e. The van der Waals surface area contributed by atoms with E-state index in [1.807, 2.05) is 60.7 Å². The van der Waals surface area contributed by atoms with Gasteiger partial charge in [0, 0.05) is 16.8 Å². The van der Waals surface area contributed by atoms with Crippen molar-refractivity contribution in [3.05, 3.63) is 90.7 Å². The van der Waals surface area contributed by atoms with Gasteiger partial charge < -0.3 is 4.42 Å². The molecule has 0 aliphatic carbocycles. The Hall–Kier alpha value is -4.31. The summed E-state index contributed by atoms with van der Waals surface area (Å²) in [6.07, 6.45) is 0. The number of hydrogen-bond acceptors (Lipinski definition) is 7. The number of nitrogens with one attached hydrogen (secondary N) is 1. The highest BCUT2D eigenvalue weighted by atomic mass is 32.2. The molecule has 34 heavy (non-hydrogen) atoms. The van der Waals surface area contributed by atoms with Gasteiger partial charge in [-0.15, -0.1) is 15.3 Å². The number of rotatable bonds is 7. The Morgan fingerprint density at radius 1 is 0.853 bits per heavy atom. The van der Waals surface area contributed by atoms with Crippen LogP contribution in [0.1, 0.15) is 0 Å². The number of hydrogen-bond donors (Lipinski definition) is 1. The molecule has 0 bridgehead atoms. The Balaban J connectivity index is 1.33. The van der Waals surface area contributed by atoms with Crippen molar-refractivity contribution < 1.29 is 13.6 Å². The van der Waals surface area contributed by atoms with E-state index >= 15 is 0 Å². The number of benzene rings is 3. The summed E-state index contributed by atoms with van der Waals surface area (Å²) in [6, 6.07) is 24.8. The van der Waals surface area contributed by atoms with Crippen molar-refractivity contribution in [1.29, 1.82) is 0 Å². The van der Waals surface area contributed by atoms with E-state index in [1.54, 1.807) is 16.7 Å². The molecule has 10 heteroatoms. The minimum atomic E-state index is -0.346. The van der Waals surface area contributed by atoms with Gasteiger partial charge in [0.1, 0.15) is 5.82 Å². The molecule has 2 heterocycles. The van der Waals surface area contributed by atoms with Gasteiger partial charge in [-0.3, -0.25) is 14.7 Å². The summed E-state index contributed by atoms with van der Waals surface area (Å²) in [5, 5.41) is 19.5. The van der Waals surface area contributed by atoms with Crippen molar-refractivity contribution in [3.8, 4) is 28.5 Å². The predicted octanol–water partition coefficient (Wildman–Crippen LogP) is 4.85. The van der Waals surface area contributed by atoms with Gasteiger partial charge in [0.25, 0.3) is 0 Å². The highest BCUT2D eigenvalue weighted by Crippen LogP contribution is 2.28. The van der Waals surface area contributed by atoms with E-state index < -0.39 is 0 Å². The molecule has 0 unspecified atom stereocenters. The number of aromatic nitrogens is 5. The maximum Gasteiger partial charge on any atom is 0.322 e. The van der Waals surface area contributed by atoms with Crippen LogP contribution in [0.25, 0.3) is 28.5 Å². The van der Waals surface area contributed by atoms with Crippen molar-refractivity contribution in [3.63, 3.8) is 0 Å². The SMILES string of the molecule is O=C(CSc1nnc(-c2ccccc2)n1-c1ccc(F)cc1)Nc1nnc(-c2ccccc2)o1. The van der Waals surface area contributed by atoms with Gasteiger partial charge in [0.2, 0.25) is 11.8 Å². The van der Waals surface area contributed by atoms with E-state index in [-0.39, 0.29) is 23.5 Å². The quantitative estimate of drug-likeness (QED) is 0.338. The van der Waals surface area contributed by atoms with Crippen LogP contribution in [0.3, 0.4) is 0 Å². The molecule has 8 nitrogen and oxygen atoms in total. The molecule has 0 saturated heterocycles. The van der Waals surface area contributed by atoms with Crippen LogP contribution in [-0.2, 0) is 4.79 Å². The average Bonchev–Trinajstić information content (AvgIpc) is 3.52. The second-order valence-corrected chi connectivity index (χ2v) is 8.04. The van der Waals surface area contributed by atoms with Gasteiger partial charge in [-0.2, -0.15) is 0 Å². The molecule has 0 aliphatic heterocycles. The summed E-state index contributed by atoms with van der Waals surface area (Å²) in [5.74, 6) is 0.230. The number of anilines is 1. The highest BCUT2D eigenvalue weighted by Gasteiger charge is 2.18. The number of carbonyl (C=O) groups is 1. The first-order valence-corrected chi connectivity index (χ1v) is 11.2. The molecule has 1 amide bonds. The van der Waals surface area contributed by atoms with Gasteiger partial charge in [-0.1, -0.05) is 65.4 Å². The van der Waals surface area contributed by atoms with Crippen LogP contribution >= 0.6 is 11.8 Å². The van der Waals surface area contributed by atoms with Crippen LogP contribution in [0.4, 0.5) is 10.4 Å². The zero-order valence-electron chi connectivity index (χ0n) is 17.6. The van der Waals surface area contributed by atoms with Crippen LogP contribution in [0.2, 0.25) is 0 Å². The third-order valence-electron chi connectivity index (χ3n) is 4.77. The molecule has 3 aromatic carbocycles. The average molecular weight is 473 g/mol. The zero-order valence-corrected chi connectivity index (χ0v) is 18.4. The summed E-state index contributed by atoms with van der Waals surface area (Å²) in [7, 11) is 0. The van der Waals surface area contributed by atoms with Crippen molar-refractivity contribution in [2.24, 2.45) is 0 Å². The van der Waals surface area contributed by atoms with Crippen molar-refractivity contribution in [1.82, 2.24) is 25.0 Å². The number of halogens is 1. The third kappa shape index (κ3) is 4.71. The molecule has 5 rings (SSSR count). The first kappa shape index (κ1) is 21.5. The van der Waals surface area contributed by atoms with Gasteiger partial charge in [0.15, 0.2) is 11.0 Å². The topological polar surface area (TPSA) is 98.7 Å². The van der Waals surface area contributed by atoms with E-state index in [0.717, 1.165) is 11.1 Å². The lowest BCUT2D eigenvalue weighted by molar-refractivity contribution is -0.113. The van der Waals surface area contributed by atoms with Crippen molar-refractivity contribution in [2.45, 2.75) is 5.16 Å². The Labute approximate surface area is 197 Å². The van der Waals surface area contributed by atoms with Gasteiger partial charge in [0.05, 0.1) is 5.75 Å². The van der Waals surface area contributed by atoms with Crippen LogP contribution in [0, 0.1) is 5.82 Å². The molecular formula is C24H17FN6O2S. The number of nitrogens with zero attached hydrogens (tertiary/aromatic N) is 5.